The van der Waals surface area contributed by atoms with Crippen molar-refractivity contribution in [1.82, 2.24) is 4.98 Å². The standard InChI is InChI=1S/C12H14N4OS/c1-16(2)10-3-4-14-12-9(10)5-8(6-18-12)11(17)15-7-13/h3-5,7H,6H2,1-2H3,(H2,13,15,17). The number of thioether (sulfide) groups is 1. The maximum absolute atomic E-state index is 11.7. The van der Waals surface area contributed by atoms with Crippen molar-refractivity contribution in [3.63, 3.8) is 0 Å². The Kier molecular flexibility index (Phi) is 3.66. The van der Waals surface area contributed by atoms with Crippen molar-refractivity contribution in [2.45, 2.75) is 5.03 Å². The van der Waals surface area contributed by atoms with Crippen molar-refractivity contribution in [2.24, 2.45) is 10.7 Å². The van der Waals surface area contributed by atoms with Crippen LogP contribution in [0.4, 0.5) is 5.69 Å². The molecule has 6 heteroatoms. The Labute approximate surface area is 110 Å². The van der Waals surface area contributed by atoms with E-state index in [1.807, 2.05) is 31.1 Å². The molecule has 0 saturated heterocycles. The van der Waals surface area contributed by atoms with Gasteiger partial charge in [0.2, 0.25) is 0 Å². The molecule has 0 radical (unpaired) electrons. The van der Waals surface area contributed by atoms with Crippen LogP contribution in [0, 0.1) is 0 Å². The van der Waals surface area contributed by atoms with Crippen LogP contribution in [0.5, 0.6) is 0 Å². The van der Waals surface area contributed by atoms with Crippen molar-refractivity contribution in [1.29, 1.82) is 0 Å². The second-order valence-electron chi connectivity index (χ2n) is 3.98. The maximum Gasteiger partial charge on any atom is 0.275 e. The number of hydrogen-bond acceptors (Lipinski definition) is 4. The van der Waals surface area contributed by atoms with Crippen molar-refractivity contribution in [3.8, 4) is 0 Å². The van der Waals surface area contributed by atoms with Crippen molar-refractivity contribution in [3.05, 3.63) is 23.4 Å². The van der Waals surface area contributed by atoms with Gasteiger partial charge < -0.3 is 10.6 Å². The Morgan fingerprint density at radius 2 is 2.39 bits per heavy atom. The van der Waals surface area contributed by atoms with Crippen LogP contribution >= 0.6 is 11.8 Å². The highest BCUT2D eigenvalue weighted by atomic mass is 32.2. The Hall–Kier alpha value is -1.82. The van der Waals surface area contributed by atoms with Gasteiger partial charge in [0.25, 0.3) is 5.91 Å². The van der Waals surface area contributed by atoms with E-state index in [1.165, 1.54) is 0 Å². The molecule has 0 spiro atoms. The molecule has 2 rings (SSSR count). The third-order valence-corrected chi connectivity index (χ3v) is 3.62. The van der Waals surface area contributed by atoms with Gasteiger partial charge in [-0.15, -0.1) is 11.8 Å². The van der Waals surface area contributed by atoms with E-state index in [2.05, 4.69) is 9.98 Å². The first-order valence-corrected chi connectivity index (χ1v) is 6.40. The van der Waals surface area contributed by atoms with E-state index in [4.69, 9.17) is 5.73 Å². The summed E-state index contributed by atoms with van der Waals surface area (Å²) in [6.45, 7) is 0. The van der Waals surface area contributed by atoms with Gasteiger partial charge in [-0.1, -0.05) is 0 Å². The Morgan fingerprint density at radius 3 is 3.06 bits per heavy atom. The first kappa shape index (κ1) is 12.6. The second-order valence-corrected chi connectivity index (χ2v) is 4.95. The zero-order valence-corrected chi connectivity index (χ0v) is 11.1. The van der Waals surface area contributed by atoms with Gasteiger partial charge in [-0.05, 0) is 12.1 Å². The summed E-state index contributed by atoms with van der Waals surface area (Å²) in [5, 5.41) is 0.939. The third kappa shape index (κ3) is 2.38. The number of anilines is 1. The van der Waals surface area contributed by atoms with Crippen molar-refractivity contribution < 1.29 is 4.79 Å². The highest BCUT2D eigenvalue weighted by molar-refractivity contribution is 7.99. The molecule has 5 nitrogen and oxygen atoms in total. The second kappa shape index (κ2) is 5.22. The minimum atomic E-state index is -0.288. The number of pyridine rings is 1. The molecule has 0 fully saturated rings. The van der Waals surface area contributed by atoms with Gasteiger partial charge in [-0.25, -0.2) is 9.98 Å². The van der Waals surface area contributed by atoms with Gasteiger partial charge >= 0.3 is 0 Å². The number of nitrogens with two attached hydrogens (primary N) is 1. The summed E-state index contributed by atoms with van der Waals surface area (Å²) in [7, 11) is 3.92. The number of carbonyl (C=O) groups is 1. The van der Waals surface area contributed by atoms with Gasteiger partial charge in [0.1, 0.15) is 5.03 Å². The molecule has 0 unspecified atom stereocenters. The van der Waals surface area contributed by atoms with Crippen molar-refractivity contribution >= 4 is 35.8 Å². The minimum absolute atomic E-state index is 0.288. The summed E-state index contributed by atoms with van der Waals surface area (Å²) in [5.41, 5.74) is 7.79. The average Bonchev–Trinajstić information content (AvgIpc) is 2.37. The minimum Gasteiger partial charge on any atom is -0.390 e. The Balaban J connectivity index is 2.46. The van der Waals surface area contributed by atoms with Crippen molar-refractivity contribution in [2.75, 3.05) is 24.7 Å². The molecule has 0 aromatic carbocycles. The van der Waals surface area contributed by atoms with E-state index in [0.717, 1.165) is 22.6 Å². The number of carbonyl (C=O) groups excluding carboxylic acids is 1. The molecule has 1 aromatic heterocycles. The van der Waals surface area contributed by atoms with Gasteiger partial charge in [0.05, 0.1) is 6.34 Å². The van der Waals surface area contributed by atoms with Crippen LogP contribution in [0.1, 0.15) is 5.56 Å². The van der Waals surface area contributed by atoms with Crippen LogP contribution in [-0.4, -0.2) is 37.1 Å². The first-order chi connectivity index (χ1) is 8.63. The number of nitrogens with zero attached hydrogens (tertiary/aromatic N) is 3. The summed E-state index contributed by atoms with van der Waals surface area (Å²) in [5.74, 6) is 0.289. The summed E-state index contributed by atoms with van der Waals surface area (Å²) in [4.78, 5) is 21.6. The molecule has 0 atom stereocenters. The quantitative estimate of drug-likeness (QED) is 0.639. The largest absolute Gasteiger partial charge is 0.390 e. The topological polar surface area (TPSA) is 71.6 Å². The van der Waals surface area contributed by atoms with Crippen LogP contribution < -0.4 is 10.6 Å². The van der Waals surface area contributed by atoms with Gasteiger partial charge in [0.15, 0.2) is 0 Å². The highest BCUT2D eigenvalue weighted by Crippen LogP contribution is 2.35. The predicted octanol–water partition coefficient (Wildman–Crippen LogP) is 1.15. The summed E-state index contributed by atoms with van der Waals surface area (Å²) in [6, 6.07) is 1.93. The molecule has 0 bridgehead atoms. The Bertz CT molecular complexity index is 537. The van der Waals surface area contributed by atoms with Gasteiger partial charge in [-0.2, -0.15) is 0 Å². The lowest BCUT2D eigenvalue weighted by Gasteiger charge is -2.20. The highest BCUT2D eigenvalue weighted by Gasteiger charge is 2.19. The van der Waals surface area contributed by atoms with E-state index in [-0.39, 0.29) is 5.91 Å². The van der Waals surface area contributed by atoms with Crippen LogP contribution in [0.25, 0.3) is 6.08 Å². The molecule has 1 aromatic rings. The molecule has 1 aliphatic rings. The SMILES string of the molecule is CN(C)c1ccnc2c1C=C(C(=O)N=CN)CS2. The molecule has 0 saturated carbocycles. The lowest BCUT2D eigenvalue weighted by atomic mass is 10.1. The van der Waals surface area contributed by atoms with Gasteiger partial charge in [-0.3, -0.25) is 4.79 Å². The van der Waals surface area contributed by atoms with E-state index >= 15 is 0 Å². The lowest BCUT2D eigenvalue weighted by molar-refractivity contribution is -0.114. The van der Waals surface area contributed by atoms with E-state index < -0.39 is 0 Å². The predicted molar refractivity (Wildman–Crippen MR) is 75.0 cm³/mol. The molecule has 1 amide bonds. The number of aliphatic imine (C=N–C) groups is 1. The first-order valence-electron chi connectivity index (χ1n) is 5.41. The molecular formula is C12H14N4OS. The fourth-order valence-electron chi connectivity index (χ4n) is 1.72. The van der Waals surface area contributed by atoms with Gasteiger partial charge in [0, 0.05) is 42.9 Å². The molecule has 1 aliphatic heterocycles. The number of hydrogen-bond donors (Lipinski definition) is 1. The summed E-state index contributed by atoms with van der Waals surface area (Å²) in [6.07, 6.45) is 4.66. The molecule has 2 N–H and O–H groups in total. The average molecular weight is 262 g/mol. The summed E-state index contributed by atoms with van der Waals surface area (Å²) < 4.78 is 0. The van der Waals surface area contributed by atoms with Crippen LogP contribution in [0.2, 0.25) is 0 Å². The molecule has 0 aliphatic carbocycles. The monoisotopic (exact) mass is 262 g/mol. The maximum atomic E-state index is 11.7. The number of fused-ring (bicyclic) bond motifs is 1. The lowest BCUT2D eigenvalue weighted by Crippen LogP contribution is -2.14. The number of amides is 1. The molecule has 18 heavy (non-hydrogen) atoms. The third-order valence-electron chi connectivity index (χ3n) is 2.56. The fraction of sp³-hybridized carbons (Fsp3) is 0.250. The van der Waals surface area contributed by atoms with Crippen LogP contribution in [0.3, 0.4) is 0 Å². The van der Waals surface area contributed by atoms with E-state index in [9.17, 15) is 4.79 Å². The number of rotatable bonds is 2. The van der Waals surface area contributed by atoms with Crippen LogP contribution in [0.15, 0.2) is 27.9 Å². The smallest absolute Gasteiger partial charge is 0.275 e. The Morgan fingerprint density at radius 1 is 1.61 bits per heavy atom. The zero-order chi connectivity index (χ0) is 13.1. The normalized spacial score (nSPS) is 14.2. The zero-order valence-electron chi connectivity index (χ0n) is 10.3. The summed E-state index contributed by atoms with van der Waals surface area (Å²) >= 11 is 1.54. The fourth-order valence-corrected chi connectivity index (χ4v) is 2.67. The number of aromatic nitrogens is 1. The van der Waals surface area contributed by atoms with E-state index in [0.29, 0.717) is 11.3 Å². The van der Waals surface area contributed by atoms with E-state index in [1.54, 1.807) is 18.0 Å². The molecule has 94 valence electrons. The molecule has 2 heterocycles. The molecular weight excluding hydrogens is 248 g/mol. The van der Waals surface area contributed by atoms with Crippen LogP contribution in [-0.2, 0) is 4.79 Å².